The van der Waals surface area contributed by atoms with E-state index in [1.807, 2.05) is 22.9 Å². The number of pyridine rings is 1. The van der Waals surface area contributed by atoms with Crippen molar-refractivity contribution in [2.75, 3.05) is 12.0 Å². The molecule has 0 fully saturated rings. The van der Waals surface area contributed by atoms with E-state index in [-0.39, 0.29) is 18.3 Å². The van der Waals surface area contributed by atoms with E-state index in [2.05, 4.69) is 4.98 Å². The van der Waals surface area contributed by atoms with E-state index in [4.69, 9.17) is 10.6 Å². The van der Waals surface area contributed by atoms with E-state index in [0.29, 0.717) is 12.5 Å². The average Bonchev–Trinajstić information content (AvgIpc) is 2.85. The molecule has 0 saturated heterocycles. The lowest BCUT2D eigenvalue weighted by Gasteiger charge is -2.08. The summed E-state index contributed by atoms with van der Waals surface area (Å²) >= 11 is 1.59. The van der Waals surface area contributed by atoms with E-state index in [1.165, 1.54) is 0 Å². The molecule has 0 atom stereocenters. The van der Waals surface area contributed by atoms with Crippen molar-refractivity contribution >= 4 is 17.2 Å². The second-order valence-electron chi connectivity index (χ2n) is 3.43. The molecule has 3 N–H and O–H groups in total. The second-order valence-corrected chi connectivity index (χ2v) is 4.46. The van der Waals surface area contributed by atoms with Gasteiger partial charge in [-0.15, -0.1) is 11.3 Å². The van der Waals surface area contributed by atoms with Gasteiger partial charge >= 0.3 is 0 Å². The van der Waals surface area contributed by atoms with Gasteiger partial charge in [0.1, 0.15) is 0 Å². The fourth-order valence-electron chi connectivity index (χ4n) is 1.36. The molecule has 0 amide bonds. The monoisotopic (exact) mass is 271 g/mol. The van der Waals surface area contributed by atoms with Crippen LogP contribution in [0.5, 0.6) is 5.88 Å². The number of halogens is 2. The molecule has 2 aromatic rings. The van der Waals surface area contributed by atoms with Crippen molar-refractivity contribution in [3.8, 4) is 5.88 Å². The number of hydrazine groups is 1. The molecule has 2 aromatic heterocycles. The van der Waals surface area contributed by atoms with E-state index >= 15 is 0 Å². The van der Waals surface area contributed by atoms with Crippen LogP contribution in [0.25, 0.3) is 0 Å². The molecule has 18 heavy (non-hydrogen) atoms. The van der Waals surface area contributed by atoms with E-state index in [9.17, 15) is 8.78 Å². The Hall–Kier alpha value is -1.73. The van der Waals surface area contributed by atoms with Crippen molar-refractivity contribution in [1.29, 1.82) is 0 Å². The first-order chi connectivity index (χ1) is 8.70. The number of rotatable bonds is 5. The van der Waals surface area contributed by atoms with E-state index in [1.54, 1.807) is 11.3 Å². The quantitative estimate of drug-likeness (QED) is 0.647. The summed E-state index contributed by atoms with van der Waals surface area (Å²) in [6.45, 7) is 0.264. The molecule has 7 heteroatoms. The Labute approximate surface area is 106 Å². The largest absolute Gasteiger partial charge is 0.475 e. The Balaban J connectivity index is 2.00. The maximum Gasteiger partial charge on any atom is 0.252 e. The van der Waals surface area contributed by atoms with Crippen molar-refractivity contribution < 1.29 is 13.5 Å². The maximum absolute atomic E-state index is 13.3. The Morgan fingerprint density at radius 2 is 2.22 bits per heavy atom. The van der Waals surface area contributed by atoms with Crippen molar-refractivity contribution in [1.82, 2.24) is 4.98 Å². The van der Waals surface area contributed by atoms with Crippen molar-refractivity contribution in [3.05, 3.63) is 40.1 Å². The van der Waals surface area contributed by atoms with Crippen LogP contribution in [0.2, 0.25) is 0 Å². The van der Waals surface area contributed by atoms with Crippen LogP contribution in [-0.2, 0) is 6.42 Å². The first-order valence-electron chi connectivity index (χ1n) is 5.18. The Bertz CT molecular complexity index is 519. The number of thiophene rings is 1. The summed E-state index contributed by atoms with van der Waals surface area (Å²) in [5.41, 5.74) is 2.04. The summed E-state index contributed by atoms with van der Waals surface area (Å²) in [7, 11) is 0. The number of anilines is 1. The van der Waals surface area contributed by atoms with Gasteiger partial charge in [0.25, 0.3) is 5.88 Å². The van der Waals surface area contributed by atoms with E-state index < -0.39 is 11.6 Å². The van der Waals surface area contributed by atoms with Gasteiger partial charge in [-0.3, -0.25) is 0 Å². The van der Waals surface area contributed by atoms with Gasteiger partial charge < -0.3 is 10.2 Å². The van der Waals surface area contributed by atoms with Crippen molar-refractivity contribution in [2.45, 2.75) is 6.42 Å². The van der Waals surface area contributed by atoms with Crippen molar-refractivity contribution in [2.24, 2.45) is 5.84 Å². The molecule has 0 aromatic carbocycles. The third-order valence-corrected chi connectivity index (χ3v) is 3.14. The number of aromatic nitrogens is 1. The minimum absolute atomic E-state index is 0.248. The van der Waals surface area contributed by atoms with Crippen molar-refractivity contribution in [3.63, 3.8) is 0 Å². The van der Waals surface area contributed by atoms with Gasteiger partial charge in [0.15, 0.2) is 17.5 Å². The fraction of sp³-hybridized carbons (Fsp3) is 0.182. The highest BCUT2D eigenvalue weighted by molar-refractivity contribution is 7.09. The molecular weight excluding hydrogens is 260 g/mol. The third kappa shape index (κ3) is 2.93. The van der Waals surface area contributed by atoms with Gasteiger partial charge in [0.05, 0.1) is 6.61 Å². The summed E-state index contributed by atoms with van der Waals surface area (Å²) in [6.07, 6.45) is 0.640. The molecule has 0 aliphatic carbocycles. The summed E-state index contributed by atoms with van der Waals surface area (Å²) in [4.78, 5) is 4.72. The Morgan fingerprint density at radius 3 is 2.89 bits per heavy atom. The topological polar surface area (TPSA) is 60.2 Å². The SMILES string of the molecule is NNc1nc(OCCc2cccs2)c(F)cc1F. The average molecular weight is 271 g/mol. The predicted molar refractivity (Wildman–Crippen MR) is 65.5 cm³/mol. The molecular formula is C11H11F2N3OS. The van der Waals surface area contributed by atoms with Gasteiger partial charge in [0.2, 0.25) is 0 Å². The standard InChI is InChI=1S/C11H11F2N3OS/c12-8-6-9(13)11(15-10(8)16-14)17-4-3-7-2-1-5-18-7/h1-2,5-6H,3-4,14H2,(H,15,16). The molecule has 2 heterocycles. The number of ether oxygens (including phenoxy) is 1. The summed E-state index contributed by atoms with van der Waals surface area (Å²) < 4.78 is 31.6. The number of hydrogen-bond donors (Lipinski definition) is 2. The minimum Gasteiger partial charge on any atom is -0.475 e. The zero-order chi connectivity index (χ0) is 13.0. The zero-order valence-corrected chi connectivity index (χ0v) is 10.1. The normalized spacial score (nSPS) is 10.4. The van der Waals surface area contributed by atoms with Gasteiger partial charge in [-0.25, -0.2) is 14.6 Å². The van der Waals surface area contributed by atoms with Crippen LogP contribution < -0.4 is 16.0 Å². The number of hydrogen-bond acceptors (Lipinski definition) is 5. The van der Waals surface area contributed by atoms with Crippen LogP contribution >= 0.6 is 11.3 Å². The smallest absolute Gasteiger partial charge is 0.252 e. The molecule has 96 valence electrons. The zero-order valence-electron chi connectivity index (χ0n) is 9.32. The highest BCUT2D eigenvalue weighted by Gasteiger charge is 2.12. The summed E-state index contributed by atoms with van der Waals surface area (Å²) in [6, 6.07) is 4.56. The first-order valence-corrected chi connectivity index (χ1v) is 6.06. The van der Waals surface area contributed by atoms with Crippen LogP contribution in [-0.4, -0.2) is 11.6 Å². The first kappa shape index (κ1) is 12.7. The highest BCUT2D eigenvalue weighted by atomic mass is 32.1. The molecule has 0 spiro atoms. The van der Waals surface area contributed by atoms with Gasteiger partial charge in [-0.1, -0.05) is 6.07 Å². The lowest BCUT2D eigenvalue weighted by Crippen LogP contribution is -2.12. The number of nitrogens with one attached hydrogen (secondary N) is 1. The number of nitrogen functional groups attached to an aromatic ring is 1. The van der Waals surface area contributed by atoms with E-state index in [0.717, 1.165) is 4.88 Å². The molecule has 2 rings (SSSR count). The molecule has 0 saturated carbocycles. The molecule has 0 aliphatic heterocycles. The highest BCUT2D eigenvalue weighted by Crippen LogP contribution is 2.20. The fourth-order valence-corrected chi connectivity index (χ4v) is 2.05. The summed E-state index contributed by atoms with van der Waals surface area (Å²) in [5.74, 6) is 2.83. The lowest BCUT2D eigenvalue weighted by atomic mass is 10.3. The summed E-state index contributed by atoms with van der Waals surface area (Å²) in [5, 5.41) is 1.95. The predicted octanol–water partition coefficient (Wildman–Crippen LogP) is 2.33. The van der Waals surface area contributed by atoms with Crippen LogP contribution in [0.15, 0.2) is 23.6 Å². The van der Waals surface area contributed by atoms with Crippen LogP contribution in [0, 0.1) is 11.6 Å². The molecule has 0 unspecified atom stereocenters. The minimum atomic E-state index is -0.861. The van der Waals surface area contributed by atoms with Crippen LogP contribution in [0.4, 0.5) is 14.6 Å². The lowest BCUT2D eigenvalue weighted by molar-refractivity contribution is 0.292. The number of nitrogens with zero attached hydrogens (tertiary/aromatic N) is 1. The molecule has 0 radical (unpaired) electrons. The van der Waals surface area contributed by atoms with Gasteiger partial charge in [-0.2, -0.15) is 4.98 Å². The maximum atomic E-state index is 13.3. The Kier molecular flexibility index (Phi) is 4.06. The number of nitrogens with two attached hydrogens (primary N) is 1. The van der Waals surface area contributed by atoms with Gasteiger partial charge in [-0.05, 0) is 11.4 Å². The third-order valence-electron chi connectivity index (χ3n) is 2.20. The van der Waals surface area contributed by atoms with Gasteiger partial charge in [0, 0.05) is 17.4 Å². The molecule has 4 nitrogen and oxygen atoms in total. The molecule has 0 bridgehead atoms. The Morgan fingerprint density at radius 1 is 1.39 bits per heavy atom. The van der Waals surface area contributed by atoms with Crippen LogP contribution in [0.1, 0.15) is 4.88 Å². The van der Waals surface area contributed by atoms with Crippen LogP contribution in [0.3, 0.4) is 0 Å². The second kappa shape index (κ2) is 5.74. The molecule has 0 aliphatic rings.